The molecule has 80 valence electrons. The average molecular weight is 210 g/mol. The van der Waals surface area contributed by atoms with Gasteiger partial charge in [0.05, 0.1) is 0 Å². The van der Waals surface area contributed by atoms with Crippen LogP contribution in [0.15, 0.2) is 12.2 Å². The minimum atomic E-state index is -5.01. The molecule has 0 amide bonds. The fourth-order valence-electron chi connectivity index (χ4n) is 1.14. The summed E-state index contributed by atoms with van der Waals surface area (Å²) in [5, 5.41) is 0. The summed E-state index contributed by atoms with van der Waals surface area (Å²) in [7, 11) is 0. The zero-order chi connectivity index (χ0) is 10.8. The second-order valence-corrected chi connectivity index (χ2v) is 3.00. The van der Waals surface area contributed by atoms with Crippen molar-refractivity contribution in [3.05, 3.63) is 12.2 Å². The Morgan fingerprint density at radius 1 is 1.50 bits per heavy atom. The van der Waals surface area contributed by atoms with E-state index in [2.05, 4.69) is 16.4 Å². The molecule has 1 rings (SSSR count). The van der Waals surface area contributed by atoms with Crippen LogP contribution in [0.25, 0.3) is 0 Å². The van der Waals surface area contributed by atoms with Gasteiger partial charge in [-0.05, 0) is 24.8 Å². The van der Waals surface area contributed by atoms with Crippen molar-refractivity contribution in [1.82, 2.24) is 0 Å². The molecule has 0 heterocycles. The van der Waals surface area contributed by atoms with Crippen LogP contribution in [0, 0.1) is 0 Å². The van der Waals surface area contributed by atoms with Crippen LogP contribution in [0.5, 0.6) is 0 Å². The first-order valence-corrected chi connectivity index (χ1v) is 4.03. The van der Waals surface area contributed by atoms with Crippen LogP contribution in [-0.2, 0) is 14.6 Å². The number of hydrogen-bond donors (Lipinski definition) is 0. The maximum atomic E-state index is 11.6. The number of carbonyl (C=O) groups excluding carboxylic acids is 1. The largest absolute Gasteiger partial charge is 0.494 e. The van der Waals surface area contributed by atoms with E-state index in [0.29, 0.717) is 18.4 Å². The summed E-state index contributed by atoms with van der Waals surface area (Å²) >= 11 is 0. The van der Waals surface area contributed by atoms with Crippen molar-refractivity contribution in [2.24, 2.45) is 0 Å². The van der Waals surface area contributed by atoms with Gasteiger partial charge in [0.25, 0.3) is 0 Å². The van der Waals surface area contributed by atoms with Crippen LogP contribution in [0.3, 0.4) is 0 Å². The van der Waals surface area contributed by atoms with Gasteiger partial charge in [-0.15, -0.1) is 0 Å². The average Bonchev–Trinajstić information content (AvgIpc) is 2.45. The smallest absolute Gasteiger partial charge is 0.287 e. The Labute approximate surface area is 78.4 Å². The highest BCUT2D eigenvalue weighted by Gasteiger charge is 2.42. The predicted molar refractivity (Wildman–Crippen MR) is 40.0 cm³/mol. The topological polar surface area (TPSA) is 35.5 Å². The second-order valence-electron chi connectivity index (χ2n) is 3.00. The highest BCUT2D eigenvalue weighted by Crippen LogP contribution is 2.27. The summed E-state index contributed by atoms with van der Waals surface area (Å²) in [6.07, 6.45) is -3.60. The summed E-state index contributed by atoms with van der Waals surface area (Å²) in [6.45, 7) is 3.58. The summed E-state index contributed by atoms with van der Waals surface area (Å²) in [5.41, 5.74) is 0.653. The van der Waals surface area contributed by atoms with E-state index in [1.54, 1.807) is 0 Å². The molecule has 0 spiro atoms. The Kier molecular flexibility index (Phi) is 3.15. The fourth-order valence-corrected chi connectivity index (χ4v) is 1.14. The quantitative estimate of drug-likeness (QED) is 0.398. The molecule has 1 aliphatic carbocycles. The Morgan fingerprint density at radius 3 is 2.57 bits per heavy atom. The third kappa shape index (κ3) is 2.73. The van der Waals surface area contributed by atoms with E-state index in [0.717, 1.165) is 6.42 Å². The van der Waals surface area contributed by atoms with Crippen molar-refractivity contribution < 1.29 is 27.7 Å². The molecular weight excluding hydrogens is 201 g/mol. The molecule has 1 aliphatic rings. The highest BCUT2D eigenvalue weighted by atomic mass is 19.4. The lowest BCUT2D eigenvalue weighted by molar-refractivity contribution is -0.314. The van der Waals surface area contributed by atoms with E-state index in [-0.39, 0.29) is 0 Å². The zero-order valence-electron chi connectivity index (χ0n) is 7.26. The van der Waals surface area contributed by atoms with Crippen LogP contribution in [0.4, 0.5) is 13.2 Å². The molecule has 14 heavy (non-hydrogen) atoms. The molecule has 1 atom stereocenters. The lowest BCUT2D eigenvalue weighted by Crippen LogP contribution is -2.27. The SMILES string of the molecule is C=C1CCCC1OOC(=O)C(F)(F)F. The summed E-state index contributed by atoms with van der Waals surface area (Å²) in [6, 6.07) is 0. The van der Waals surface area contributed by atoms with Gasteiger partial charge in [-0.1, -0.05) is 6.58 Å². The molecule has 1 fully saturated rings. The molecule has 1 unspecified atom stereocenters. The lowest BCUT2D eigenvalue weighted by atomic mass is 10.2. The lowest BCUT2D eigenvalue weighted by Gasteiger charge is -2.11. The van der Waals surface area contributed by atoms with Crippen LogP contribution in [0.1, 0.15) is 19.3 Å². The maximum Gasteiger partial charge on any atom is 0.494 e. The molecule has 0 aromatic heterocycles. The Bertz CT molecular complexity index is 247. The van der Waals surface area contributed by atoms with E-state index in [1.165, 1.54) is 0 Å². The zero-order valence-corrected chi connectivity index (χ0v) is 7.26. The van der Waals surface area contributed by atoms with Crippen molar-refractivity contribution in [2.45, 2.75) is 31.5 Å². The van der Waals surface area contributed by atoms with Crippen LogP contribution in [-0.4, -0.2) is 18.2 Å². The van der Waals surface area contributed by atoms with Gasteiger partial charge in [0.2, 0.25) is 0 Å². The van der Waals surface area contributed by atoms with E-state index in [1.807, 2.05) is 0 Å². The van der Waals surface area contributed by atoms with Crippen molar-refractivity contribution in [2.75, 3.05) is 0 Å². The molecule has 0 N–H and O–H groups in total. The predicted octanol–water partition coefficient (Wildman–Crippen LogP) is 2.13. The summed E-state index contributed by atoms with van der Waals surface area (Å²) < 4.78 is 34.9. The molecule has 6 heteroatoms. The van der Waals surface area contributed by atoms with Crippen molar-refractivity contribution in [3.63, 3.8) is 0 Å². The molecule has 0 aliphatic heterocycles. The number of carbonyl (C=O) groups is 1. The first kappa shape index (κ1) is 11.0. The van der Waals surface area contributed by atoms with Gasteiger partial charge in [0, 0.05) is 0 Å². The van der Waals surface area contributed by atoms with E-state index < -0.39 is 18.2 Å². The second kappa shape index (κ2) is 4.00. The van der Waals surface area contributed by atoms with E-state index in [4.69, 9.17) is 0 Å². The van der Waals surface area contributed by atoms with Gasteiger partial charge in [-0.2, -0.15) is 18.1 Å². The normalized spacial score (nSPS) is 22.5. The van der Waals surface area contributed by atoms with Crippen molar-refractivity contribution in [1.29, 1.82) is 0 Å². The monoisotopic (exact) mass is 210 g/mol. The van der Waals surface area contributed by atoms with Crippen molar-refractivity contribution >= 4 is 5.97 Å². The molecule has 0 aromatic rings. The highest BCUT2D eigenvalue weighted by molar-refractivity contribution is 5.74. The number of rotatable bonds is 2. The first-order chi connectivity index (χ1) is 6.41. The Balaban J connectivity index is 2.34. The fraction of sp³-hybridized carbons (Fsp3) is 0.625. The van der Waals surface area contributed by atoms with E-state index in [9.17, 15) is 18.0 Å². The van der Waals surface area contributed by atoms with Crippen molar-refractivity contribution in [3.8, 4) is 0 Å². The standard InChI is InChI=1S/C8H9F3O3/c1-5-3-2-4-6(5)13-14-7(12)8(9,10)11/h6H,1-4H2. The molecule has 0 radical (unpaired) electrons. The molecular formula is C8H9F3O3. The third-order valence-corrected chi connectivity index (χ3v) is 1.89. The van der Waals surface area contributed by atoms with Gasteiger partial charge in [0.1, 0.15) is 6.10 Å². The van der Waals surface area contributed by atoms with Gasteiger partial charge in [0.15, 0.2) is 0 Å². The van der Waals surface area contributed by atoms with Crippen LogP contribution >= 0.6 is 0 Å². The molecule has 0 bridgehead atoms. The van der Waals surface area contributed by atoms with Crippen LogP contribution < -0.4 is 0 Å². The number of alkyl halides is 3. The molecule has 3 nitrogen and oxygen atoms in total. The van der Waals surface area contributed by atoms with E-state index >= 15 is 0 Å². The first-order valence-electron chi connectivity index (χ1n) is 4.03. The van der Waals surface area contributed by atoms with Crippen LogP contribution in [0.2, 0.25) is 0 Å². The molecule has 1 saturated carbocycles. The third-order valence-electron chi connectivity index (χ3n) is 1.89. The maximum absolute atomic E-state index is 11.6. The van der Waals surface area contributed by atoms with Gasteiger partial charge in [-0.3, -0.25) is 4.89 Å². The minimum Gasteiger partial charge on any atom is -0.287 e. The van der Waals surface area contributed by atoms with Gasteiger partial charge >= 0.3 is 12.1 Å². The number of halogens is 3. The Hall–Kier alpha value is -1.04. The minimum absolute atomic E-state index is 0.532. The molecule has 0 saturated heterocycles. The molecule has 0 aromatic carbocycles. The number of hydrogen-bond acceptors (Lipinski definition) is 3. The summed E-state index contributed by atoms with van der Waals surface area (Å²) in [5.74, 6) is -2.34. The van der Waals surface area contributed by atoms with Gasteiger partial charge in [-0.25, -0.2) is 4.79 Å². The van der Waals surface area contributed by atoms with Gasteiger partial charge < -0.3 is 0 Å². The summed E-state index contributed by atoms with van der Waals surface area (Å²) in [4.78, 5) is 18.2. The Morgan fingerprint density at radius 2 is 2.14 bits per heavy atom.